The van der Waals surface area contributed by atoms with Crippen LogP contribution in [0.3, 0.4) is 0 Å². The molecule has 0 saturated heterocycles. The topological polar surface area (TPSA) is 9.23 Å². The monoisotopic (exact) mass is 286 g/mol. The maximum absolute atomic E-state index is 6.64. The molecule has 0 saturated carbocycles. The summed E-state index contributed by atoms with van der Waals surface area (Å²) in [5.74, 6) is 1.45. The number of fused-ring (bicyclic) bond motifs is 1. The Kier molecular flexibility index (Phi) is 4.27. The van der Waals surface area contributed by atoms with Gasteiger partial charge in [0.25, 0.3) is 0 Å². The summed E-state index contributed by atoms with van der Waals surface area (Å²) in [6.45, 7) is 0.736. The largest absolute Gasteiger partial charge is 0.494 e. The van der Waals surface area contributed by atoms with Crippen LogP contribution < -0.4 is 4.74 Å². The Morgan fingerprint density at radius 1 is 1.00 bits per heavy atom. The van der Waals surface area contributed by atoms with E-state index in [9.17, 15) is 0 Å². The van der Waals surface area contributed by atoms with Gasteiger partial charge in [-0.15, -0.1) is 11.6 Å². The number of hydrogen-bond acceptors (Lipinski definition) is 1. The molecule has 0 aliphatic heterocycles. The van der Waals surface area contributed by atoms with Crippen LogP contribution in [-0.4, -0.2) is 6.61 Å². The molecule has 2 aromatic rings. The van der Waals surface area contributed by atoms with Crippen LogP contribution in [-0.2, 0) is 6.42 Å². The van der Waals surface area contributed by atoms with Crippen LogP contribution >= 0.6 is 11.6 Å². The van der Waals surface area contributed by atoms with E-state index in [2.05, 4.69) is 24.3 Å². The quantitative estimate of drug-likeness (QED) is 0.719. The van der Waals surface area contributed by atoms with Gasteiger partial charge in [-0.2, -0.15) is 0 Å². The third-order valence-corrected chi connectivity index (χ3v) is 4.64. The molecular formula is C18H19ClO. The van der Waals surface area contributed by atoms with Gasteiger partial charge >= 0.3 is 0 Å². The average Bonchev–Trinajstić information content (AvgIpc) is 2.51. The van der Waals surface area contributed by atoms with Crippen LogP contribution in [0.1, 0.15) is 29.3 Å². The third-order valence-electron chi connectivity index (χ3n) is 4.05. The Bertz CT molecular complexity index is 552. The maximum Gasteiger partial charge on any atom is 0.119 e. The Labute approximate surface area is 125 Å². The highest BCUT2D eigenvalue weighted by molar-refractivity contribution is 6.21. The number of alkyl halides is 1. The van der Waals surface area contributed by atoms with E-state index in [0.717, 1.165) is 31.6 Å². The predicted molar refractivity (Wildman–Crippen MR) is 83.4 cm³/mol. The zero-order valence-electron chi connectivity index (χ0n) is 11.5. The molecule has 0 radical (unpaired) electrons. The lowest BCUT2D eigenvalue weighted by atomic mass is 9.82. The fourth-order valence-electron chi connectivity index (χ4n) is 2.91. The summed E-state index contributed by atoms with van der Waals surface area (Å²) in [7, 11) is 0. The normalized spacial score (nSPS) is 21.2. The number of hydrogen-bond donors (Lipinski definition) is 0. The van der Waals surface area contributed by atoms with E-state index >= 15 is 0 Å². The molecule has 3 rings (SSSR count). The van der Waals surface area contributed by atoms with Crippen molar-refractivity contribution in [1.29, 1.82) is 0 Å². The van der Waals surface area contributed by atoms with E-state index in [1.807, 2.05) is 30.3 Å². The molecule has 2 unspecified atom stereocenters. The highest BCUT2D eigenvalue weighted by Gasteiger charge is 2.27. The van der Waals surface area contributed by atoms with Gasteiger partial charge in [-0.05, 0) is 48.4 Å². The van der Waals surface area contributed by atoms with Crippen molar-refractivity contribution in [3.63, 3.8) is 0 Å². The Morgan fingerprint density at radius 3 is 2.60 bits per heavy atom. The van der Waals surface area contributed by atoms with E-state index in [1.165, 1.54) is 11.1 Å². The molecule has 104 valence electrons. The van der Waals surface area contributed by atoms with Crippen molar-refractivity contribution in [2.24, 2.45) is 5.92 Å². The second-order valence-corrected chi connectivity index (χ2v) is 5.82. The van der Waals surface area contributed by atoms with Crippen LogP contribution in [0.5, 0.6) is 5.75 Å². The summed E-state index contributed by atoms with van der Waals surface area (Å²) in [4.78, 5) is 0. The van der Waals surface area contributed by atoms with E-state index in [1.54, 1.807) is 0 Å². The second kappa shape index (κ2) is 6.32. The van der Waals surface area contributed by atoms with Gasteiger partial charge in [-0.1, -0.05) is 42.5 Å². The zero-order valence-corrected chi connectivity index (χ0v) is 12.2. The van der Waals surface area contributed by atoms with Crippen LogP contribution in [0.4, 0.5) is 0 Å². The lowest BCUT2D eigenvalue weighted by molar-refractivity contribution is 0.264. The van der Waals surface area contributed by atoms with Crippen molar-refractivity contribution in [1.82, 2.24) is 0 Å². The van der Waals surface area contributed by atoms with Gasteiger partial charge < -0.3 is 4.74 Å². The van der Waals surface area contributed by atoms with E-state index in [4.69, 9.17) is 16.3 Å². The highest BCUT2D eigenvalue weighted by atomic mass is 35.5. The summed E-state index contributed by atoms with van der Waals surface area (Å²) in [6, 6.07) is 18.5. The van der Waals surface area contributed by atoms with Gasteiger partial charge in [-0.25, -0.2) is 0 Å². The Balaban J connectivity index is 1.57. The molecule has 20 heavy (non-hydrogen) atoms. The molecule has 2 aromatic carbocycles. The summed E-state index contributed by atoms with van der Waals surface area (Å²) < 4.78 is 5.79. The third kappa shape index (κ3) is 2.99. The molecule has 1 aliphatic carbocycles. The van der Waals surface area contributed by atoms with Crippen molar-refractivity contribution in [2.45, 2.75) is 24.6 Å². The summed E-state index contributed by atoms with van der Waals surface area (Å²) in [5, 5.41) is 0.124. The van der Waals surface area contributed by atoms with Crippen LogP contribution in [0, 0.1) is 5.92 Å². The molecule has 2 heteroatoms. The first-order valence-electron chi connectivity index (χ1n) is 7.24. The first-order chi connectivity index (χ1) is 9.84. The van der Waals surface area contributed by atoms with Gasteiger partial charge in [-0.3, -0.25) is 0 Å². The molecule has 0 amide bonds. The highest BCUT2D eigenvalue weighted by Crippen LogP contribution is 2.40. The number of halogens is 1. The Morgan fingerprint density at radius 2 is 1.75 bits per heavy atom. The number of ether oxygens (including phenoxy) is 1. The zero-order chi connectivity index (χ0) is 13.8. The molecule has 0 aromatic heterocycles. The lowest BCUT2D eigenvalue weighted by Gasteiger charge is -2.29. The molecule has 0 bridgehead atoms. The standard InChI is InChI=1S/C18H19ClO/c19-18-15(11-10-14-6-4-5-9-17(14)18)12-13-20-16-7-2-1-3-8-16/h1-9,15,18H,10-13H2. The molecule has 1 nitrogen and oxygen atoms in total. The molecular weight excluding hydrogens is 268 g/mol. The van der Waals surface area contributed by atoms with Gasteiger partial charge in [0.05, 0.1) is 12.0 Å². The van der Waals surface area contributed by atoms with Gasteiger partial charge in [0.15, 0.2) is 0 Å². The smallest absolute Gasteiger partial charge is 0.119 e. The van der Waals surface area contributed by atoms with Crippen molar-refractivity contribution in [3.05, 3.63) is 65.7 Å². The van der Waals surface area contributed by atoms with Gasteiger partial charge in [0.2, 0.25) is 0 Å². The predicted octanol–water partition coefficient (Wildman–Crippen LogP) is 5.00. The molecule has 2 atom stereocenters. The Hall–Kier alpha value is -1.47. The van der Waals surface area contributed by atoms with Crippen molar-refractivity contribution >= 4 is 11.6 Å². The van der Waals surface area contributed by atoms with Crippen molar-refractivity contribution in [3.8, 4) is 5.75 Å². The van der Waals surface area contributed by atoms with Gasteiger partial charge in [0.1, 0.15) is 5.75 Å². The van der Waals surface area contributed by atoms with E-state index in [0.29, 0.717) is 5.92 Å². The van der Waals surface area contributed by atoms with E-state index < -0.39 is 0 Å². The molecule has 1 aliphatic rings. The molecule has 0 N–H and O–H groups in total. The lowest BCUT2D eigenvalue weighted by Crippen LogP contribution is -2.19. The summed E-state index contributed by atoms with van der Waals surface area (Å²) in [5.41, 5.74) is 2.72. The van der Waals surface area contributed by atoms with Crippen LogP contribution in [0.25, 0.3) is 0 Å². The second-order valence-electron chi connectivity index (χ2n) is 5.35. The van der Waals surface area contributed by atoms with Crippen LogP contribution in [0.15, 0.2) is 54.6 Å². The van der Waals surface area contributed by atoms with E-state index in [-0.39, 0.29) is 5.38 Å². The molecule has 0 fully saturated rings. The number of para-hydroxylation sites is 1. The fourth-order valence-corrected chi connectivity index (χ4v) is 3.37. The van der Waals surface area contributed by atoms with Crippen molar-refractivity contribution < 1.29 is 4.74 Å². The number of rotatable bonds is 4. The van der Waals surface area contributed by atoms with Gasteiger partial charge in [0, 0.05) is 0 Å². The average molecular weight is 287 g/mol. The number of benzene rings is 2. The number of aryl methyl sites for hydroxylation is 1. The minimum Gasteiger partial charge on any atom is -0.494 e. The first-order valence-corrected chi connectivity index (χ1v) is 7.68. The van der Waals surface area contributed by atoms with Crippen LogP contribution in [0.2, 0.25) is 0 Å². The van der Waals surface area contributed by atoms with Crippen molar-refractivity contribution in [2.75, 3.05) is 6.61 Å². The minimum absolute atomic E-state index is 0.124. The summed E-state index contributed by atoms with van der Waals surface area (Å²) >= 11 is 6.64. The summed E-state index contributed by atoms with van der Waals surface area (Å²) in [6.07, 6.45) is 3.30. The molecule has 0 heterocycles. The molecule has 0 spiro atoms. The maximum atomic E-state index is 6.64. The first kappa shape index (κ1) is 13.5. The fraction of sp³-hybridized carbons (Fsp3) is 0.333. The minimum atomic E-state index is 0.124. The SMILES string of the molecule is ClC1c2ccccc2CCC1CCOc1ccccc1.